The third-order valence-electron chi connectivity index (χ3n) is 3.73. The van der Waals surface area contributed by atoms with Gasteiger partial charge in [-0.15, -0.1) is 0 Å². The highest BCUT2D eigenvalue weighted by Crippen LogP contribution is 2.39. The molecule has 0 amide bonds. The molecule has 0 spiro atoms. The van der Waals surface area contributed by atoms with E-state index in [0.29, 0.717) is 18.3 Å². The largest absolute Gasteiger partial charge is 0.383 e. The fourth-order valence-corrected chi connectivity index (χ4v) is 2.92. The van der Waals surface area contributed by atoms with E-state index in [4.69, 9.17) is 10.5 Å². The number of aromatic nitrogens is 2. The summed E-state index contributed by atoms with van der Waals surface area (Å²) in [7, 11) is 1.66. The van der Waals surface area contributed by atoms with Crippen molar-refractivity contribution in [1.29, 1.82) is 0 Å². The third kappa shape index (κ3) is 2.83. The van der Waals surface area contributed by atoms with E-state index >= 15 is 0 Å². The van der Waals surface area contributed by atoms with Crippen LogP contribution in [0.4, 0.5) is 5.82 Å². The van der Waals surface area contributed by atoms with Crippen LogP contribution in [0.5, 0.6) is 0 Å². The van der Waals surface area contributed by atoms with Crippen molar-refractivity contribution in [3.05, 3.63) is 16.0 Å². The molecule has 2 rings (SSSR count). The maximum Gasteiger partial charge on any atom is 0.141 e. The predicted molar refractivity (Wildman–Crippen MR) is 75.2 cm³/mol. The van der Waals surface area contributed by atoms with E-state index in [-0.39, 0.29) is 0 Å². The molecule has 0 saturated heterocycles. The zero-order chi connectivity index (χ0) is 13.1. The summed E-state index contributed by atoms with van der Waals surface area (Å²) in [4.78, 5) is 9.04. The highest BCUT2D eigenvalue weighted by molar-refractivity contribution is 9.10. The van der Waals surface area contributed by atoms with Crippen molar-refractivity contribution in [3.63, 3.8) is 0 Å². The number of anilines is 1. The summed E-state index contributed by atoms with van der Waals surface area (Å²) in [5.74, 6) is 2.68. The van der Waals surface area contributed by atoms with Gasteiger partial charge in [-0.25, -0.2) is 9.97 Å². The van der Waals surface area contributed by atoms with Gasteiger partial charge in [0.05, 0.1) is 16.8 Å². The maximum atomic E-state index is 5.93. The van der Waals surface area contributed by atoms with E-state index in [1.165, 1.54) is 25.7 Å². The van der Waals surface area contributed by atoms with Crippen molar-refractivity contribution in [2.24, 2.45) is 5.92 Å². The Morgan fingerprint density at radius 3 is 2.78 bits per heavy atom. The van der Waals surface area contributed by atoms with Gasteiger partial charge in [0.15, 0.2) is 0 Å². The molecular weight excluding hydrogens is 294 g/mol. The van der Waals surface area contributed by atoms with Gasteiger partial charge in [-0.1, -0.05) is 13.3 Å². The molecule has 1 aromatic rings. The summed E-state index contributed by atoms with van der Waals surface area (Å²) in [6, 6.07) is 0. The molecule has 5 heteroatoms. The summed E-state index contributed by atoms with van der Waals surface area (Å²) < 4.78 is 5.91. The molecule has 2 unspecified atom stereocenters. The molecule has 0 aromatic carbocycles. The van der Waals surface area contributed by atoms with Crippen molar-refractivity contribution in [3.8, 4) is 0 Å². The molecule has 4 nitrogen and oxygen atoms in total. The second-order valence-electron chi connectivity index (χ2n) is 4.94. The Morgan fingerprint density at radius 1 is 1.39 bits per heavy atom. The highest BCUT2D eigenvalue weighted by atomic mass is 79.9. The number of hydrogen-bond acceptors (Lipinski definition) is 4. The van der Waals surface area contributed by atoms with E-state index in [1.807, 2.05) is 0 Å². The van der Waals surface area contributed by atoms with Crippen molar-refractivity contribution >= 4 is 21.7 Å². The quantitative estimate of drug-likeness (QED) is 0.926. The highest BCUT2D eigenvalue weighted by Gasteiger charge is 2.27. The van der Waals surface area contributed by atoms with Crippen LogP contribution in [0.1, 0.15) is 50.0 Å². The summed E-state index contributed by atoms with van der Waals surface area (Å²) in [6.45, 7) is 2.71. The number of rotatable bonds is 4. The molecule has 2 N–H and O–H groups in total. The second kappa shape index (κ2) is 5.97. The van der Waals surface area contributed by atoms with E-state index in [2.05, 4.69) is 32.8 Å². The van der Waals surface area contributed by atoms with Crippen LogP contribution < -0.4 is 5.73 Å². The molecule has 1 saturated carbocycles. The van der Waals surface area contributed by atoms with E-state index in [1.54, 1.807) is 7.11 Å². The normalized spacial score (nSPS) is 23.5. The van der Waals surface area contributed by atoms with Gasteiger partial charge in [-0.2, -0.15) is 0 Å². The Kier molecular flexibility index (Phi) is 4.56. The molecule has 1 aromatic heterocycles. The smallest absolute Gasteiger partial charge is 0.141 e. The van der Waals surface area contributed by atoms with Crippen molar-refractivity contribution in [2.45, 2.75) is 45.1 Å². The van der Waals surface area contributed by atoms with Crippen LogP contribution in [-0.4, -0.2) is 17.1 Å². The molecule has 100 valence electrons. The fourth-order valence-electron chi connectivity index (χ4n) is 2.63. The summed E-state index contributed by atoms with van der Waals surface area (Å²) in [6.07, 6.45) is 4.88. The third-order valence-corrected chi connectivity index (χ3v) is 4.59. The lowest BCUT2D eigenvalue weighted by Crippen LogP contribution is -2.09. The fraction of sp³-hybridized carbons (Fsp3) is 0.692. The van der Waals surface area contributed by atoms with Gasteiger partial charge >= 0.3 is 0 Å². The molecule has 1 heterocycles. The topological polar surface area (TPSA) is 61.0 Å². The average molecular weight is 314 g/mol. The first-order valence-electron chi connectivity index (χ1n) is 6.46. The summed E-state index contributed by atoms with van der Waals surface area (Å²) in [5, 5.41) is 0. The molecule has 2 atom stereocenters. The zero-order valence-corrected chi connectivity index (χ0v) is 12.5. The minimum absolute atomic E-state index is 0.459. The molecule has 1 aliphatic rings. The summed E-state index contributed by atoms with van der Waals surface area (Å²) >= 11 is 3.42. The molecule has 18 heavy (non-hydrogen) atoms. The number of nitrogens with two attached hydrogens (primary N) is 1. The van der Waals surface area contributed by atoms with E-state index in [0.717, 1.165) is 21.9 Å². The second-order valence-corrected chi connectivity index (χ2v) is 5.74. The van der Waals surface area contributed by atoms with Crippen LogP contribution in [-0.2, 0) is 11.3 Å². The van der Waals surface area contributed by atoms with Gasteiger partial charge in [-0.05, 0) is 41.1 Å². The van der Waals surface area contributed by atoms with Gasteiger partial charge < -0.3 is 10.5 Å². The number of hydrogen-bond donors (Lipinski definition) is 1. The van der Waals surface area contributed by atoms with Gasteiger partial charge in [0.1, 0.15) is 11.6 Å². The lowest BCUT2D eigenvalue weighted by Gasteiger charge is -2.13. The SMILES string of the molecule is CCC1CCC(c2nc(N)c(Br)c(COC)n2)C1. The molecule has 0 radical (unpaired) electrons. The molecule has 1 fully saturated rings. The number of methoxy groups -OCH3 is 1. The lowest BCUT2D eigenvalue weighted by atomic mass is 10.0. The minimum atomic E-state index is 0.459. The molecule has 1 aliphatic carbocycles. The number of nitrogens with zero attached hydrogens (tertiary/aromatic N) is 2. The number of nitrogen functional groups attached to an aromatic ring is 1. The van der Waals surface area contributed by atoms with E-state index < -0.39 is 0 Å². The van der Waals surface area contributed by atoms with Crippen LogP contribution in [0, 0.1) is 5.92 Å². The maximum absolute atomic E-state index is 5.93. The van der Waals surface area contributed by atoms with Gasteiger partial charge in [-0.3, -0.25) is 0 Å². The molecular formula is C13H20BrN3O. The Hall–Kier alpha value is -0.680. The average Bonchev–Trinajstić information content (AvgIpc) is 2.83. The summed E-state index contributed by atoms with van der Waals surface area (Å²) in [5.41, 5.74) is 6.78. The minimum Gasteiger partial charge on any atom is -0.383 e. The van der Waals surface area contributed by atoms with Crippen molar-refractivity contribution in [1.82, 2.24) is 9.97 Å². The first-order chi connectivity index (χ1) is 8.65. The van der Waals surface area contributed by atoms with Crippen LogP contribution in [0.2, 0.25) is 0 Å². The Morgan fingerprint density at radius 2 is 2.17 bits per heavy atom. The van der Waals surface area contributed by atoms with Crippen LogP contribution >= 0.6 is 15.9 Å². The van der Waals surface area contributed by atoms with Crippen molar-refractivity contribution < 1.29 is 4.74 Å². The van der Waals surface area contributed by atoms with Crippen molar-refractivity contribution in [2.75, 3.05) is 12.8 Å². The molecule has 0 aliphatic heterocycles. The lowest BCUT2D eigenvalue weighted by molar-refractivity contribution is 0.180. The molecule has 0 bridgehead atoms. The monoisotopic (exact) mass is 313 g/mol. The van der Waals surface area contributed by atoms with Gasteiger partial charge in [0, 0.05) is 13.0 Å². The van der Waals surface area contributed by atoms with Crippen LogP contribution in [0.25, 0.3) is 0 Å². The van der Waals surface area contributed by atoms with E-state index in [9.17, 15) is 0 Å². The zero-order valence-electron chi connectivity index (χ0n) is 10.9. The first kappa shape index (κ1) is 13.7. The Labute approximate surface area is 116 Å². The van der Waals surface area contributed by atoms with Gasteiger partial charge in [0.2, 0.25) is 0 Å². The van der Waals surface area contributed by atoms with Gasteiger partial charge in [0.25, 0.3) is 0 Å². The standard InChI is InChI=1S/C13H20BrN3O/c1-3-8-4-5-9(6-8)13-16-10(7-18-2)11(14)12(15)17-13/h8-9H,3-7H2,1-2H3,(H2,15,16,17). The van der Waals surface area contributed by atoms with Crippen LogP contribution in [0.15, 0.2) is 4.47 Å². The number of ether oxygens (including phenoxy) is 1. The van der Waals surface area contributed by atoms with Crippen LogP contribution in [0.3, 0.4) is 0 Å². The Balaban J connectivity index is 2.23. The predicted octanol–water partition coefficient (Wildman–Crippen LogP) is 3.26. The Bertz CT molecular complexity index is 425. The first-order valence-corrected chi connectivity index (χ1v) is 7.25. The number of halogens is 1.